The Labute approximate surface area is 183 Å². The summed E-state index contributed by atoms with van der Waals surface area (Å²) in [5.41, 5.74) is 0.985. The van der Waals surface area contributed by atoms with Gasteiger partial charge in [-0.3, -0.25) is 9.78 Å². The molecule has 2 saturated heterocycles. The van der Waals surface area contributed by atoms with Crippen LogP contribution in [-0.2, 0) is 11.2 Å². The van der Waals surface area contributed by atoms with Gasteiger partial charge in [-0.15, -0.1) is 0 Å². The van der Waals surface area contributed by atoms with Crippen LogP contribution in [-0.4, -0.2) is 63.1 Å². The van der Waals surface area contributed by atoms with Gasteiger partial charge in [0.05, 0.1) is 27.4 Å². The zero-order valence-corrected chi connectivity index (χ0v) is 18.4. The van der Waals surface area contributed by atoms with E-state index in [0.29, 0.717) is 19.2 Å². The summed E-state index contributed by atoms with van der Waals surface area (Å²) >= 11 is 0. The van der Waals surface area contributed by atoms with Crippen molar-refractivity contribution in [3.63, 3.8) is 0 Å². The summed E-state index contributed by atoms with van der Waals surface area (Å²) in [5.74, 6) is 2.89. The third-order valence-corrected chi connectivity index (χ3v) is 6.14. The average Bonchev–Trinajstić information content (AvgIpc) is 3.04. The number of nitrogens with zero attached hydrogens (tertiary/aromatic N) is 3. The molecule has 0 radical (unpaired) electrons. The van der Waals surface area contributed by atoms with Gasteiger partial charge in [0.15, 0.2) is 11.5 Å². The molecule has 1 aromatic heterocycles. The average molecular weight is 429 g/mol. The lowest BCUT2D eigenvalue weighted by Crippen LogP contribution is -2.41. The summed E-state index contributed by atoms with van der Waals surface area (Å²) in [6, 6.07) is 7.80. The van der Waals surface area contributed by atoms with Gasteiger partial charge < -0.3 is 24.0 Å². The monoisotopic (exact) mass is 428 g/mol. The zero-order valence-electron chi connectivity index (χ0n) is 18.4. The third-order valence-electron chi connectivity index (χ3n) is 6.14. The minimum atomic E-state index is -0.117. The van der Waals surface area contributed by atoms with Crippen molar-refractivity contribution in [3.05, 3.63) is 40.2 Å². The molecule has 3 heterocycles. The Hall–Kier alpha value is -2.74. The Morgan fingerprint density at radius 2 is 1.97 bits per heavy atom. The molecule has 31 heavy (non-hydrogen) atoms. The molecule has 4 rings (SSSR count). The van der Waals surface area contributed by atoms with E-state index in [2.05, 4.69) is 20.9 Å². The number of hydrogen-bond donors (Lipinski definition) is 1. The van der Waals surface area contributed by atoms with Gasteiger partial charge in [-0.2, -0.15) is 4.98 Å². The molecule has 2 aliphatic rings. The van der Waals surface area contributed by atoms with Crippen molar-refractivity contribution in [2.45, 2.75) is 38.1 Å². The molecule has 0 bridgehead atoms. The van der Waals surface area contributed by atoms with Crippen LogP contribution in [0.4, 0.5) is 11.8 Å². The first-order chi connectivity index (χ1) is 15.2. The largest absolute Gasteiger partial charge is 0.493 e. The highest BCUT2D eigenvalue weighted by molar-refractivity contribution is 5.49. The molecule has 0 aliphatic carbocycles. The van der Waals surface area contributed by atoms with Crippen LogP contribution >= 0.6 is 0 Å². The van der Waals surface area contributed by atoms with E-state index in [1.165, 1.54) is 6.42 Å². The van der Waals surface area contributed by atoms with E-state index in [0.717, 1.165) is 68.2 Å². The van der Waals surface area contributed by atoms with E-state index in [9.17, 15) is 4.79 Å². The van der Waals surface area contributed by atoms with Gasteiger partial charge in [-0.05, 0) is 25.3 Å². The summed E-state index contributed by atoms with van der Waals surface area (Å²) in [6.45, 7) is 3.69. The number of nitrogens with one attached hydrogen (secondary N) is 1. The second kappa shape index (κ2) is 10.0. The van der Waals surface area contributed by atoms with Gasteiger partial charge in [-0.1, -0.05) is 25.0 Å². The second-order valence-electron chi connectivity index (χ2n) is 8.08. The molecule has 168 valence electrons. The molecule has 2 aliphatic heterocycles. The molecule has 8 heteroatoms. The number of hydrogen-bond acceptors (Lipinski definition) is 7. The van der Waals surface area contributed by atoms with E-state index in [1.807, 2.05) is 12.1 Å². The van der Waals surface area contributed by atoms with Crippen molar-refractivity contribution in [1.29, 1.82) is 0 Å². The van der Waals surface area contributed by atoms with E-state index < -0.39 is 0 Å². The van der Waals surface area contributed by atoms with Crippen LogP contribution in [0.3, 0.4) is 0 Å². The number of para-hydroxylation sites is 1. The van der Waals surface area contributed by atoms with Crippen molar-refractivity contribution < 1.29 is 14.2 Å². The van der Waals surface area contributed by atoms with Crippen molar-refractivity contribution in [2.75, 3.05) is 56.9 Å². The van der Waals surface area contributed by atoms with Gasteiger partial charge in [0.1, 0.15) is 5.82 Å². The highest BCUT2D eigenvalue weighted by Gasteiger charge is 2.26. The predicted molar refractivity (Wildman–Crippen MR) is 121 cm³/mol. The Kier molecular flexibility index (Phi) is 6.96. The molecule has 1 aromatic carbocycles. The quantitative estimate of drug-likeness (QED) is 0.758. The SMILES string of the molecule is COc1cccc(C[C@@H]2CCCCCN2c2nc(N3CCOCC3)cc(=O)[nH]2)c1OC. The van der Waals surface area contributed by atoms with Crippen LogP contribution in [0, 0.1) is 0 Å². The van der Waals surface area contributed by atoms with E-state index >= 15 is 0 Å². The number of H-pyrrole nitrogens is 1. The van der Waals surface area contributed by atoms with Crippen molar-refractivity contribution in [3.8, 4) is 11.5 Å². The summed E-state index contributed by atoms with van der Waals surface area (Å²) in [6.07, 6.45) is 5.24. The Balaban J connectivity index is 1.64. The van der Waals surface area contributed by atoms with Gasteiger partial charge in [-0.25, -0.2) is 0 Å². The van der Waals surface area contributed by atoms with Gasteiger partial charge in [0, 0.05) is 37.3 Å². The summed E-state index contributed by atoms with van der Waals surface area (Å²) in [5, 5.41) is 0. The zero-order chi connectivity index (χ0) is 21.6. The second-order valence-corrected chi connectivity index (χ2v) is 8.08. The van der Waals surface area contributed by atoms with Crippen molar-refractivity contribution in [1.82, 2.24) is 9.97 Å². The third kappa shape index (κ3) is 4.95. The topological polar surface area (TPSA) is 79.9 Å². The lowest BCUT2D eigenvalue weighted by molar-refractivity contribution is 0.122. The molecule has 0 saturated carbocycles. The first-order valence-corrected chi connectivity index (χ1v) is 11.1. The number of aromatic amines is 1. The number of aromatic nitrogens is 2. The smallest absolute Gasteiger partial charge is 0.254 e. The van der Waals surface area contributed by atoms with Crippen LogP contribution in [0.2, 0.25) is 0 Å². The first kappa shape index (κ1) is 21.5. The number of ether oxygens (including phenoxy) is 3. The fraction of sp³-hybridized carbons (Fsp3) is 0.565. The molecule has 0 amide bonds. The minimum absolute atomic E-state index is 0.117. The summed E-state index contributed by atoms with van der Waals surface area (Å²) in [7, 11) is 3.34. The van der Waals surface area contributed by atoms with Crippen molar-refractivity contribution >= 4 is 11.8 Å². The summed E-state index contributed by atoms with van der Waals surface area (Å²) in [4.78, 5) is 24.8. The van der Waals surface area contributed by atoms with E-state index in [4.69, 9.17) is 19.2 Å². The molecule has 0 spiro atoms. The Bertz CT molecular complexity index is 926. The predicted octanol–water partition coefficient (Wildman–Crippen LogP) is 2.62. The molecule has 0 unspecified atom stereocenters. The normalized spacial score (nSPS) is 19.7. The van der Waals surface area contributed by atoms with Gasteiger partial charge >= 0.3 is 0 Å². The van der Waals surface area contributed by atoms with Crippen molar-refractivity contribution in [2.24, 2.45) is 0 Å². The summed E-state index contributed by atoms with van der Waals surface area (Å²) < 4.78 is 16.6. The molecule has 8 nitrogen and oxygen atoms in total. The molecular formula is C23H32N4O4. The van der Waals surface area contributed by atoms with E-state index in [1.54, 1.807) is 20.3 Å². The molecular weight excluding hydrogens is 396 g/mol. The molecule has 2 fully saturated rings. The Morgan fingerprint density at radius 1 is 1.13 bits per heavy atom. The van der Waals surface area contributed by atoms with Crippen LogP contribution < -0.4 is 24.8 Å². The fourth-order valence-electron chi connectivity index (χ4n) is 4.56. The molecule has 1 N–H and O–H groups in total. The molecule has 1 atom stereocenters. The highest BCUT2D eigenvalue weighted by Crippen LogP contribution is 2.34. The number of morpholine rings is 1. The fourth-order valence-corrected chi connectivity index (χ4v) is 4.56. The molecule has 2 aromatic rings. The standard InChI is InChI=1S/C23H32N4O4/c1-29-19-9-6-7-17(22(19)30-2)15-18-8-4-3-5-10-27(18)23-24-20(16-21(28)25-23)26-11-13-31-14-12-26/h6-7,9,16,18H,3-5,8,10-15H2,1-2H3,(H,24,25,28)/t18-/m0/s1. The van der Waals surface area contributed by atoms with Gasteiger partial charge in [0.2, 0.25) is 5.95 Å². The Morgan fingerprint density at radius 3 is 2.74 bits per heavy atom. The van der Waals surface area contributed by atoms with E-state index in [-0.39, 0.29) is 11.6 Å². The minimum Gasteiger partial charge on any atom is -0.493 e. The maximum Gasteiger partial charge on any atom is 0.254 e. The van der Waals surface area contributed by atoms with Crippen LogP contribution in [0.15, 0.2) is 29.1 Å². The van der Waals surface area contributed by atoms with Crippen LogP contribution in [0.1, 0.15) is 31.2 Å². The lowest BCUT2D eigenvalue weighted by atomic mass is 9.99. The highest BCUT2D eigenvalue weighted by atomic mass is 16.5. The maximum absolute atomic E-state index is 12.5. The van der Waals surface area contributed by atoms with Crippen LogP contribution in [0.25, 0.3) is 0 Å². The van der Waals surface area contributed by atoms with Gasteiger partial charge in [0.25, 0.3) is 5.56 Å². The maximum atomic E-state index is 12.5. The first-order valence-electron chi connectivity index (χ1n) is 11.1. The number of anilines is 2. The lowest BCUT2D eigenvalue weighted by Gasteiger charge is -2.33. The van der Waals surface area contributed by atoms with Crippen LogP contribution in [0.5, 0.6) is 11.5 Å². The number of rotatable bonds is 6. The number of methoxy groups -OCH3 is 2. The number of benzene rings is 1.